The van der Waals surface area contributed by atoms with Crippen LogP contribution in [0.3, 0.4) is 0 Å². The zero-order valence-electron chi connectivity index (χ0n) is 10.9. The number of carbonyl (C=O) groups excluding carboxylic acids is 1. The Hall–Kier alpha value is -1.59. The van der Waals surface area contributed by atoms with E-state index in [9.17, 15) is 9.59 Å². The first-order valence-corrected chi connectivity index (χ1v) is 6.94. The summed E-state index contributed by atoms with van der Waals surface area (Å²) in [6.45, 7) is 0.511. The first kappa shape index (κ1) is 14.8. The van der Waals surface area contributed by atoms with Crippen LogP contribution < -0.4 is 11.1 Å². The van der Waals surface area contributed by atoms with Gasteiger partial charge in [0.05, 0.1) is 10.6 Å². The van der Waals surface area contributed by atoms with E-state index in [1.54, 1.807) is 6.07 Å². The molecule has 0 radical (unpaired) electrons. The van der Waals surface area contributed by atoms with Crippen molar-refractivity contribution in [1.29, 1.82) is 0 Å². The summed E-state index contributed by atoms with van der Waals surface area (Å²) in [5.74, 6) is -1.01. The summed E-state index contributed by atoms with van der Waals surface area (Å²) < 4.78 is 0. The lowest BCUT2D eigenvalue weighted by atomic mass is 9.95. The number of carboxylic acids is 1. The average molecular weight is 297 g/mol. The lowest BCUT2D eigenvalue weighted by Crippen LogP contribution is -2.29. The number of halogens is 1. The van der Waals surface area contributed by atoms with Crippen LogP contribution in [0.2, 0.25) is 5.02 Å². The molecule has 1 aromatic carbocycles. The van der Waals surface area contributed by atoms with Gasteiger partial charge in [-0.25, -0.2) is 4.79 Å². The topological polar surface area (TPSA) is 92.4 Å². The van der Waals surface area contributed by atoms with Crippen LogP contribution in [0, 0.1) is 11.8 Å². The normalized spacial score (nSPS) is 21.7. The van der Waals surface area contributed by atoms with Gasteiger partial charge < -0.3 is 16.2 Å². The third kappa shape index (κ3) is 3.11. The molecule has 0 bridgehead atoms. The van der Waals surface area contributed by atoms with Crippen molar-refractivity contribution in [3.63, 3.8) is 0 Å². The first-order chi connectivity index (χ1) is 9.52. The fourth-order valence-corrected chi connectivity index (χ4v) is 2.93. The fraction of sp³-hybridized carbons (Fsp3) is 0.429. The Morgan fingerprint density at radius 1 is 1.40 bits per heavy atom. The highest BCUT2D eigenvalue weighted by atomic mass is 35.5. The van der Waals surface area contributed by atoms with E-state index in [4.69, 9.17) is 22.4 Å². The molecular weight excluding hydrogens is 280 g/mol. The third-order valence-corrected chi connectivity index (χ3v) is 4.08. The van der Waals surface area contributed by atoms with Gasteiger partial charge in [-0.05, 0) is 43.5 Å². The van der Waals surface area contributed by atoms with E-state index in [1.807, 2.05) is 0 Å². The maximum Gasteiger partial charge on any atom is 0.337 e. The Bertz CT molecular complexity index is 533. The van der Waals surface area contributed by atoms with Crippen molar-refractivity contribution in [3.8, 4) is 0 Å². The monoisotopic (exact) mass is 296 g/mol. The molecule has 108 valence electrons. The van der Waals surface area contributed by atoms with Crippen molar-refractivity contribution < 1.29 is 14.7 Å². The number of amides is 1. The molecule has 0 saturated heterocycles. The number of nitrogens with two attached hydrogens (primary N) is 1. The van der Waals surface area contributed by atoms with Crippen LogP contribution in [-0.4, -0.2) is 23.5 Å². The van der Waals surface area contributed by atoms with Crippen LogP contribution in [0.15, 0.2) is 18.2 Å². The maximum atomic E-state index is 12.2. The molecule has 2 atom stereocenters. The molecule has 1 aliphatic carbocycles. The standard InChI is InChI=1S/C14H17ClN2O3/c15-12-6-9(4-5-11(12)14(19)20)17-13(18)10-3-1-2-8(10)7-16/h4-6,8,10H,1-3,7,16H2,(H,17,18)(H,19,20). The summed E-state index contributed by atoms with van der Waals surface area (Å²) in [6.07, 6.45) is 2.83. The van der Waals surface area contributed by atoms with Gasteiger partial charge in [0.2, 0.25) is 5.91 Å². The van der Waals surface area contributed by atoms with Gasteiger partial charge in [0.25, 0.3) is 0 Å². The first-order valence-electron chi connectivity index (χ1n) is 6.56. The fourth-order valence-electron chi connectivity index (χ4n) is 2.67. The number of benzene rings is 1. The summed E-state index contributed by atoms with van der Waals surface area (Å²) in [7, 11) is 0. The molecule has 1 saturated carbocycles. The van der Waals surface area contributed by atoms with E-state index in [-0.39, 0.29) is 28.3 Å². The van der Waals surface area contributed by atoms with Gasteiger partial charge in [0, 0.05) is 11.6 Å². The Balaban J connectivity index is 2.08. The second-order valence-electron chi connectivity index (χ2n) is 5.02. The zero-order valence-corrected chi connectivity index (χ0v) is 11.7. The number of rotatable bonds is 4. The van der Waals surface area contributed by atoms with Crippen LogP contribution in [0.4, 0.5) is 5.69 Å². The van der Waals surface area contributed by atoms with Gasteiger partial charge in [-0.1, -0.05) is 18.0 Å². The molecule has 0 aliphatic heterocycles. The summed E-state index contributed by atoms with van der Waals surface area (Å²) in [5, 5.41) is 11.8. The summed E-state index contributed by atoms with van der Waals surface area (Å²) in [4.78, 5) is 23.0. The zero-order chi connectivity index (χ0) is 14.7. The molecule has 1 amide bonds. The second-order valence-corrected chi connectivity index (χ2v) is 5.43. The van der Waals surface area contributed by atoms with Gasteiger partial charge in [-0.3, -0.25) is 4.79 Å². The molecule has 1 aromatic rings. The highest BCUT2D eigenvalue weighted by molar-refractivity contribution is 6.33. The van der Waals surface area contributed by atoms with E-state index in [0.717, 1.165) is 19.3 Å². The van der Waals surface area contributed by atoms with E-state index < -0.39 is 5.97 Å². The smallest absolute Gasteiger partial charge is 0.337 e. The molecule has 0 aromatic heterocycles. The largest absolute Gasteiger partial charge is 0.478 e. The lowest BCUT2D eigenvalue weighted by molar-refractivity contribution is -0.120. The van der Waals surface area contributed by atoms with E-state index >= 15 is 0 Å². The van der Waals surface area contributed by atoms with Crippen LogP contribution in [0.25, 0.3) is 0 Å². The lowest BCUT2D eigenvalue weighted by Gasteiger charge is -2.17. The van der Waals surface area contributed by atoms with Gasteiger partial charge >= 0.3 is 5.97 Å². The third-order valence-electron chi connectivity index (χ3n) is 3.77. The van der Waals surface area contributed by atoms with E-state index in [1.165, 1.54) is 12.1 Å². The van der Waals surface area contributed by atoms with Gasteiger partial charge in [-0.15, -0.1) is 0 Å². The van der Waals surface area contributed by atoms with Crippen LogP contribution in [-0.2, 0) is 4.79 Å². The van der Waals surface area contributed by atoms with Crippen molar-refractivity contribution >= 4 is 29.2 Å². The quantitative estimate of drug-likeness (QED) is 0.795. The van der Waals surface area contributed by atoms with E-state index in [0.29, 0.717) is 12.2 Å². The summed E-state index contributed by atoms with van der Waals surface area (Å²) in [5.41, 5.74) is 6.19. The number of anilines is 1. The number of carbonyl (C=O) groups is 2. The Labute approximate surface area is 122 Å². The molecule has 20 heavy (non-hydrogen) atoms. The SMILES string of the molecule is NCC1CCCC1C(=O)Nc1ccc(C(=O)O)c(Cl)c1. The highest BCUT2D eigenvalue weighted by Crippen LogP contribution is 2.32. The molecule has 1 aliphatic rings. The molecule has 0 spiro atoms. The molecular formula is C14H17ClN2O3. The predicted octanol–water partition coefficient (Wildman–Crippen LogP) is 2.35. The number of aromatic carboxylic acids is 1. The summed E-state index contributed by atoms with van der Waals surface area (Å²) in [6, 6.07) is 4.38. The van der Waals surface area contributed by atoms with Crippen LogP contribution >= 0.6 is 11.6 Å². The summed E-state index contributed by atoms with van der Waals surface area (Å²) >= 11 is 5.87. The molecule has 1 fully saturated rings. The van der Waals surface area contributed by atoms with Gasteiger partial charge in [0.1, 0.15) is 0 Å². The Kier molecular flexibility index (Phi) is 4.62. The maximum absolute atomic E-state index is 12.2. The average Bonchev–Trinajstić information content (AvgIpc) is 2.86. The van der Waals surface area contributed by atoms with Crippen LogP contribution in [0.5, 0.6) is 0 Å². The van der Waals surface area contributed by atoms with Crippen LogP contribution in [0.1, 0.15) is 29.6 Å². The molecule has 0 heterocycles. The number of nitrogens with one attached hydrogen (secondary N) is 1. The van der Waals surface area contributed by atoms with Crippen molar-refractivity contribution in [3.05, 3.63) is 28.8 Å². The highest BCUT2D eigenvalue weighted by Gasteiger charge is 2.31. The van der Waals surface area contributed by atoms with E-state index in [2.05, 4.69) is 5.32 Å². The van der Waals surface area contributed by atoms with Gasteiger partial charge in [0.15, 0.2) is 0 Å². The number of carboxylic acid groups (broad SMARTS) is 1. The second kappa shape index (κ2) is 6.24. The molecule has 2 rings (SSSR count). The minimum atomic E-state index is -1.09. The minimum absolute atomic E-state index is 0.0189. The van der Waals surface area contributed by atoms with Crippen molar-refractivity contribution in [2.75, 3.05) is 11.9 Å². The molecule has 2 unspecified atom stereocenters. The number of hydrogen-bond donors (Lipinski definition) is 3. The van der Waals surface area contributed by atoms with Crippen molar-refractivity contribution in [1.82, 2.24) is 0 Å². The number of hydrogen-bond acceptors (Lipinski definition) is 3. The Morgan fingerprint density at radius 3 is 2.75 bits per heavy atom. The molecule has 4 N–H and O–H groups in total. The predicted molar refractivity (Wildman–Crippen MR) is 76.9 cm³/mol. The minimum Gasteiger partial charge on any atom is -0.478 e. The molecule has 5 nitrogen and oxygen atoms in total. The van der Waals surface area contributed by atoms with Gasteiger partial charge in [-0.2, -0.15) is 0 Å². The van der Waals surface area contributed by atoms with Crippen molar-refractivity contribution in [2.45, 2.75) is 19.3 Å². The van der Waals surface area contributed by atoms with Crippen molar-refractivity contribution in [2.24, 2.45) is 17.6 Å². The Morgan fingerprint density at radius 2 is 2.15 bits per heavy atom. The molecule has 6 heteroatoms.